The predicted octanol–water partition coefficient (Wildman–Crippen LogP) is 1.35. The SMILES string of the molecule is Cl.NS(=O)(=O)NCCC1CCN(C(=O)c2ccccc2)CC1.NS(=O)(=O)NCCC1CC[NH2+]CC1.O=C(Cl)c1ccccc1. The van der Waals surface area contributed by atoms with Crippen molar-refractivity contribution in [1.82, 2.24) is 14.3 Å². The smallest absolute Gasteiger partial charge is 0.274 e. The first-order valence-corrected chi connectivity index (χ1v) is 17.8. The van der Waals surface area contributed by atoms with Crippen molar-refractivity contribution in [2.75, 3.05) is 39.3 Å². The molecule has 0 saturated carbocycles. The van der Waals surface area contributed by atoms with Crippen molar-refractivity contribution in [1.29, 1.82) is 0 Å². The van der Waals surface area contributed by atoms with Crippen molar-refractivity contribution in [2.45, 2.75) is 38.5 Å². The number of nitrogens with zero attached hydrogens (tertiary/aromatic N) is 1. The van der Waals surface area contributed by atoms with Crippen molar-refractivity contribution >= 4 is 55.6 Å². The van der Waals surface area contributed by atoms with E-state index >= 15 is 0 Å². The van der Waals surface area contributed by atoms with E-state index in [1.54, 1.807) is 24.3 Å². The molecule has 2 aromatic rings. The van der Waals surface area contributed by atoms with E-state index in [9.17, 15) is 26.4 Å². The van der Waals surface area contributed by atoms with Crippen LogP contribution in [0.1, 0.15) is 59.2 Å². The molecule has 2 aliphatic heterocycles. The fourth-order valence-electron chi connectivity index (χ4n) is 4.85. The molecule has 16 heteroatoms. The predicted molar refractivity (Wildman–Crippen MR) is 175 cm³/mol. The van der Waals surface area contributed by atoms with Gasteiger partial charge in [-0.15, -0.1) is 12.4 Å². The van der Waals surface area contributed by atoms with Crippen molar-refractivity contribution in [3.8, 4) is 0 Å². The van der Waals surface area contributed by atoms with Gasteiger partial charge in [0.25, 0.3) is 31.6 Å². The molecule has 1 amide bonds. The molecule has 12 nitrogen and oxygen atoms in total. The Labute approximate surface area is 272 Å². The van der Waals surface area contributed by atoms with Crippen LogP contribution in [0.5, 0.6) is 0 Å². The minimum atomic E-state index is -3.60. The topological polar surface area (TPSA) is 198 Å². The van der Waals surface area contributed by atoms with E-state index in [0.29, 0.717) is 49.1 Å². The van der Waals surface area contributed by atoms with Gasteiger partial charge in [-0.1, -0.05) is 48.5 Å². The molecule has 0 radical (unpaired) electrons. The average molecular weight is 697 g/mol. The van der Waals surface area contributed by atoms with Crippen LogP contribution in [0.2, 0.25) is 0 Å². The van der Waals surface area contributed by atoms with E-state index in [1.807, 2.05) is 41.3 Å². The van der Waals surface area contributed by atoms with Crippen molar-refractivity contribution in [2.24, 2.45) is 22.1 Å². The van der Waals surface area contributed by atoms with E-state index in [-0.39, 0.29) is 18.3 Å². The molecule has 2 heterocycles. The van der Waals surface area contributed by atoms with Crippen LogP contribution < -0.4 is 25.0 Å². The second kappa shape index (κ2) is 20.8. The number of carbonyl (C=O) groups is 2. The number of rotatable bonds is 10. The number of amides is 1. The Morgan fingerprint density at radius 1 is 0.750 bits per heavy atom. The lowest BCUT2D eigenvalue weighted by Crippen LogP contribution is -2.86. The molecule has 2 aromatic carbocycles. The molecular formula is C28H45Cl2N6O6S2+. The van der Waals surface area contributed by atoms with E-state index < -0.39 is 25.7 Å². The van der Waals surface area contributed by atoms with Gasteiger partial charge >= 0.3 is 0 Å². The highest BCUT2D eigenvalue weighted by Gasteiger charge is 2.23. The Balaban J connectivity index is 0.000000359. The Morgan fingerprint density at radius 2 is 1.16 bits per heavy atom. The number of likely N-dealkylation sites (tertiary alicyclic amines) is 1. The summed E-state index contributed by atoms with van der Waals surface area (Å²) in [4.78, 5) is 24.5. The number of halogens is 2. The van der Waals surface area contributed by atoms with Crippen LogP contribution in [0.15, 0.2) is 60.7 Å². The third kappa shape index (κ3) is 18.0. The van der Waals surface area contributed by atoms with Gasteiger partial charge in [0, 0.05) is 37.3 Å². The van der Waals surface area contributed by atoms with Crippen LogP contribution in [0.3, 0.4) is 0 Å². The standard InChI is InChI=1S/C14H21N3O3S.C7H5ClO.C7H17N3O2S.ClH/c15-21(19,20)16-9-6-12-7-10-17(11-8-12)14(18)13-4-2-1-3-5-13;8-7(9)6-4-2-1-3-5-6;8-13(11,12)10-6-3-7-1-4-9-5-2-7;/h1-5,12,16H,6-11H2,(H2,15,19,20);1-5H;7,9-10H,1-6H2,(H2,8,11,12);1H/p+1. The summed E-state index contributed by atoms with van der Waals surface area (Å²) in [5.74, 6) is 1.16. The van der Waals surface area contributed by atoms with E-state index in [0.717, 1.165) is 25.7 Å². The second-order valence-electron chi connectivity index (χ2n) is 10.5. The number of quaternary nitrogens is 1. The number of nitrogens with one attached hydrogen (secondary N) is 2. The highest BCUT2D eigenvalue weighted by molar-refractivity contribution is 7.87. The highest BCUT2D eigenvalue weighted by Crippen LogP contribution is 2.21. The molecule has 0 aromatic heterocycles. The Hall–Kier alpha value is -2.14. The van der Waals surface area contributed by atoms with Gasteiger partial charge in [0.1, 0.15) is 0 Å². The molecule has 2 fully saturated rings. The van der Waals surface area contributed by atoms with Crippen LogP contribution in [0, 0.1) is 11.8 Å². The van der Waals surface area contributed by atoms with Crippen molar-refractivity contribution < 1.29 is 31.7 Å². The second-order valence-corrected chi connectivity index (χ2v) is 13.6. The maximum absolute atomic E-state index is 12.3. The largest absolute Gasteiger partial charge is 0.346 e. The van der Waals surface area contributed by atoms with Crippen LogP contribution in [-0.2, 0) is 20.4 Å². The summed E-state index contributed by atoms with van der Waals surface area (Å²) in [5.41, 5.74) is 1.26. The molecule has 0 spiro atoms. The van der Waals surface area contributed by atoms with Crippen molar-refractivity contribution in [3.05, 3.63) is 71.8 Å². The third-order valence-electron chi connectivity index (χ3n) is 7.19. The minimum absolute atomic E-state index is 0. The first-order valence-electron chi connectivity index (χ1n) is 14.3. The highest BCUT2D eigenvalue weighted by atomic mass is 35.5. The van der Waals surface area contributed by atoms with Gasteiger partial charge in [-0.3, -0.25) is 9.59 Å². The zero-order valence-electron chi connectivity index (χ0n) is 24.6. The summed E-state index contributed by atoms with van der Waals surface area (Å²) in [6.45, 7) is 4.60. The average Bonchev–Trinajstić information content (AvgIpc) is 2.98. The van der Waals surface area contributed by atoms with E-state index in [1.165, 1.54) is 25.9 Å². The Bertz CT molecular complexity index is 1320. The summed E-state index contributed by atoms with van der Waals surface area (Å²) in [5, 5.41) is 11.6. The lowest BCUT2D eigenvalue weighted by molar-refractivity contribution is -0.664. The lowest BCUT2D eigenvalue weighted by atomic mass is 9.93. The number of benzene rings is 2. The van der Waals surface area contributed by atoms with Crippen LogP contribution >= 0.6 is 24.0 Å². The zero-order chi connectivity index (χ0) is 31.7. The molecule has 0 unspecified atom stereocenters. The zero-order valence-corrected chi connectivity index (χ0v) is 27.9. The molecule has 4 rings (SSSR count). The van der Waals surface area contributed by atoms with Crippen LogP contribution in [-0.4, -0.2) is 72.2 Å². The third-order valence-corrected chi connectivity index (χ3v) is 8.62. The van der Waals surface area contributed by atoms with Gasteiger partial charge in [0.2, 0.25) is 0 Å². The Kier molecular flexibility index (Phi) is 18.9. The van der Waals surface area contributed by atoms with Gasteiger partial charge in [-0.2, -0.15) is 16.8 Å². The van der Waals surface area contributed by atoms with Gasteiger partial charge in [-0.05, 0) is 74.1 Å². The number of hydrogen-bond donors (Lipinski definition) is 5. The normalized spacial score (nSPS) is 15.9. The van der Waals surface area contributed by atoms with Gasteiger partial charge in [-0.25, -0.2) is 19.7 Å². The molecule has 248 valence electrons. The first-order chi connectivity index (χ1) is 20.3. The van der Waals surface area contributed by atoms with Crippen LogP contribution in [0.25, 0.3) is 0 Å². The number of piperidine rings is 2. The minimum Gasteiger partial charge on any atom is -0.346 e. The summed E-state index contributed by atoms with van der Waals surface area (Å²) in [6.07, 6.45) is 5.82. The molecule has 2 aliphatic rings. The molecule has 0 atom stereocenters. The summed E-state index contributed by atoms with van der Waals surface area (Å²) < 4.78 is 47.2. The fourth-order valence-corrected chi connectivity index (χ4v) is 5.78. The van der Waals surface area contributed by atoms with Gasteiger partial charge < -0.3 is 10.2 Å². The monoisotopic (exact) mass is 695 g/mol. The lowest BCUT2D eigenvalue weighted by Gasteiger charge is -2.32. The van der Waals surface area contributed by atoms with Gasteiger partial charge in [0.05, 0.1) is 13.1 Å². The molecule has 8 N–H and O–H groups in total. The van der Waals surface area contributed by atoms with Crippen LogP contribution in [0.4, 0.5) is 0 Å². The summed E-state index contributed by atoms with van der Waals surface area (Å²) in [7, 11) is -7.08. The quantitative estimate of drug-likeness (QED) is 0.232. The van der Waals surface area contributed by atoms with E-state index in [4.69, 9.17) is 21.9 Å². The summed E-state index contributed by atoms with van der Waals surface area (Å²) >= 11 is 5.16. The molecule has 44 heavy (non-hydrogen) atoms. The summed E-state index contributed by atoms with van der Waals surface area (Å²) in [6, 6.07) is 18.0. The molecule has 0 aliphatic carbocycles. The number of nitrogens with two attached hydrogens (primary N) is 3. The van der Waals surface area contributed by atoms with E-state index in [2.05, 4.69) is 14.8 Å². The Morgan fingerprint density at radius 3 is 1.55 bits per heavy atom. The maximum Gasteiger partial charge on any atom is 0.274 e. The first kappa shape index (κ1) is 39.9. The number of carbonyl (C=O) groups excluding carboxylic acids is 2. The van der Waals surface area contributed by atoms with Crippen molar-refractivity contribution in [3.63, 3.8) is 0 Å². The maximum atomic E-state index is 12.3. The molecular weight excluding hydrogens is 651 g/mol. The van der Waals surface area contributed by atoms with Gasteiger partial charge in [0.15, 0.2) is 0 Å². The molecule has 0 bridgehead atoms. The number of hydrogen-bond acceptors (Lipinski definition) is 6. The molecule has 2 saturated heterocycles. The fraction of sp³-hybridized carbons (Fsp3) is 0.500.